The second kappa shape index (κ2) is 28.7. The third-order valence-electron chi connectivity index (χ3n) is 24.5. The van der Waals surface area contributed by atoms with Crippen LogP contribution in [0, 0.1) is 0 Å². The summed E-state index contributed by atoms with van der Waals surface area (Å²) in [4.78, 5) is 25.8. The first-order valence-corrected chi connectivity index (χ1v) is 41.4. The number of nitrogens with zero attached hydrogens (tertiary/aromatic N) is 9. The second-order valence-electron chi connectivity index (χ2n) is 31.4. The van der Waals surface area contributed by atoms with E-state index in [0.29, 0.717) is 23.5 Å². The van der Waals surface area contributed by atoms with E-state index >= 15 is 0 Å². The lowest BCUT2D eigenvalue weighted by Gasteiger charge is -2.14. The summed E-state index contributed by atoms with van der Waals surface area (Å²) in [6.45, 7) is 0. The molecule has 0 saturated carbocycles. The van der Waals surface area contributed by atoms with E-state index in [4.69, 9.17) is 24.9 Å². The number of hydrogen-bond acceptors (Lipinski definition) is 5. The molecule has 9 heteroatoms. The van der Waals surface area contributed by atoms with Crippen LogP contribution in [0.1, 0.15) is 0 Å². The zero-order valence-corrected chi connectivity index (χ0v) is 66.0. The summed E-state index contributed by atoms with van der Waals surface area (Å²) < 4.78 is 9.31. The van der Waals surface area contributed by atoms with Gasteiger partial charge in [0.2, 0.25) is 11.9 Å². The smallest absolute Gasteiger partial charge is 0.238 e. The highest BCUT2D eigenvalue weighted by atomic mass is 15.2. The second-order valence-corrected chi connectivity index (χ2v) is 31.4. The van der Waals surface area contributed by atoms with Gasteiger partial charge >= 0.3 is 0 Å². The fraction of sp³-hybridized carbons (Fsp3) is 0. The van der Waals surface area contributed by atoms with Crippen LogP contribution in [0.5, 0.6) is 0 Å². The maximum absolute atomic E-state index is 5.27. The molecule has 6 heterocycles. The quantitative estimate of drug-likeness (QED) is 0.121. The molecule has 25 rings (SSSR count). The van der Waals surface area contributed by atoms with Crippen LogP contribution in [0.2, 0.25) is 0 Å². The largest absolute Gasteiger partial charge is 0.309 e. The predicted octanol–water partition coefficient (Wildman–Crippen LogP) is 29.0. The highest BCUT2D eigenvalue weighted by Gasteiger charge is 2.26. The van der Waals surface area contributed by atoms with Crippen LogP contribution in [-0.2, 0) is 0 Å². The Labute approximate surface area is 701 Å². The Balaban J connectivity index is 0.000000139. The van der Waals surface area contributed by atoms with Gasteiger partial charge < -0.3 is 9.13 Å². The van der Waals surface area contributed by atoms with E-state index in [9.17, 15) is 0 Å². The highest BCUT2D eigenvalue weighted by molar-refractivity contribution is 6.21. The molecule has 0 spiro atoms. The summed E-state index contributed by atoms with van der Waals surface area (Å²) in [6.07, 6.45) is 0. The van der Waals surface area contributed by atoms with Crippen LogP contribution in [0.4, 0.5) is 0 Å². The molecule has 0 saturated heterocycles. The zero-order chi connectivity index (χ0) is 80.3. The lowest BCUT2D eigenvalue weighted by atomic mass is 9.93. The fourth-order valence-corrected chi connectivity index (χ4v) is 19.0. The van der Waals surface area contributed by atoms with Crippen molar-refractivity contribution in [1.82, 2.24) is 43.2 Å². The van der Waals surface area contributed by atoms with Gasteiger partial charge in [-0.15, -0.1) is 0 Å². The molecule has 0 radical (unpaired) electrons. The number of rotatable bonds is 11. The molecule has 0 unspecified atom stereocenters. The first kappa shape index (κ1) is 69.8. The number of para-hydroxylation sites is 4. The SMILES string of the molecule is c1ccc(-c2cc(-c3ccccc3)nc(-n3c4ccccc4c4c(-c5ccc6c(c5)c5ccccc5n6-c5cc6ccccc6c6ccccc56)cccc43)n2)cc1.c1ccc(-c2nc(-c3ccccc3)nc(-n3c4ccccc4c4cc(-c5cccc6c5c5ccccc5n6-c5cccc(-c6cc7ccccc7c7ccccc67)c5)ccc43)n2)cc1. The van der Waals surface area contributed by atoms with Crippen molar-refractivity contribution in [3.8, 4) is 102 Å². The Bertz CT molecular complexity index is 8400. The van der Waals surface area contributed by atoms with Gasteiger partial charge in [0.25, 0.3) is 0 Å². The summed E-state index contributed by atoms with van der Waals surface area (Å²) in [5.74, 6) is 2.48. The van der Waals surface area contributed by atoms with Crippen molar-refractivity contribution < 1.29 is 0 Å². The van der Waals surface area contributed by atoms with Crippen molar-refractivity contribution in [3.05, 3.63) is 431 Å². The average molecular weight is 1550 g/mol. The van der Waals surface area contributed by atoms with Gasteiger partial charge in [-0.1, -0.05) is 340 Å². The lowest BCUT2D eigenvalue weighted by Crippen LogP contribution is -2.06. The van der Waals surface area contributed by atoms with Crippen LogP contribution >= 0.6 is 0 Å². The Hall–Kier alpha value is -16.5. The molecule has 0 N–H and O–H groups in total. The molecule has 0 aliphatic heterocycles. The van der Waals surface area contributed by atoms with E-state index in [2.05, 4.69) is 376 Å². The van der Waals surface area contributed by atoms with Gasteiger partial charge in [-0.25, -0.2) is 15.0 Å². The van der Waals surface area contributed by atoms with Gasteiger partial charge in [0.15, 0.2) is 11.6 Å². The number of fused-ring (bicyclic) bond motifs is 18. The normalized spacial score (nSPS) is 11.8. The van der Waals surface area contributed by atoms with Gasteiger partial charge in [-0.3, -0.25) is 9.13 Å². The van der Waals surface area contributed by atoms with Crippen molar-refractivity contribution in [2.45, 2.75) is 0 Å². The molecule has 122 heavy (non-hydrogen) atoms. The number of aromatic nitrogens is 9. The van der Waals surface area contributed by atoms with Crippen LogP contribution < -0.4 is 0 Å². The molecule has 19 aromatic carbocycles. The standard InChI is InChI=1S/C59H37N5.C54H34N4/c1-3-17-38(18-4-1)57-60-58(39-19-5-2-6-20-39)62-59(61-57)64-52-30-13-11-27-48(52)51-37-42(33-34-54(51)64)45-29-16-32-55-56(45)49-28-12-14-31-53(49)63(55)43-23-15-22-40(35-43)50-36-41-21-7-8-24-44(41)46-25-9-10-26-47(46)50;1-3-16-35(17-4-1)46-34-47(36-18-5-2-6-19-36)56-54(55-46)58-49-28-14-12-25-44(49)53-40(26-15-29-51(53)58)38-30-31-50-45(32-38)43-24-11-13-27-48(43)57(50)52-33-37-20-7-8-21-39(37)41-22-9-10-23-42(41)52/h1-37H;1-34H. The average Bonchev–Trinajstić information content (AvgIpc) is 1.58. The summed E-state index contributed by atoms with van der Waals surface area (Å²) >= 11 is 0. The first-order chi connectivity index (χ1) is 60.5. The maximum Gasteiger partial charge on any atom is 0.238 e. The minimum absolute atomic E-state index is 0.579. The summed E-state index contributed by atoms with van der Waals surface area (Å²) in [5.41, 5.74) is 24.0. The van der Waals surface area contributed by atoms with E-state index in [1.54, 1.807) is 0 Å². The number of benzene rings is 19. The first-order valence-electron chi connectivity index (χ1n) is 41.4. The predicted molar refractivity (Wildman–Crippen MR) is 507 cm³/mol. The third-order valence-corrected chi connectivity index (χ3v) is 24.5. The summed E-state index contributed by atoms with van der Waals surface area (Å²) in [7, 11) is 0. The molecule has 9 nitrogen and oxygen atoms in total. The fourth-order valence-electron chi connectivity index (χ4n) is 19.0. The summed E-state index contributed by atoms with van der Waals surface area (Å²) in [5, 5.41) is 19.5. The van der Waals surface area contributed by atoms with E-state index < -0.39 is 0 Å². The van der Waals surface area contributed by atoms with Gasteiger partial charge in [0.05, 0.1) is 61.2 Å². The third kappa shape index (κ3) is 11.5. The molecular formula is C113H71N9. The monoisotopic (exact) mass is 1550 g/mol. The van der Waals surface area contributed by atoms with Crippen LogP contribution in [0.25, 0.3) is 232 Å². The van der Waals surface area contributed by atoms with Crippen molar-refractivity contribution in [2.24, 2.45) is 0 Å². The van der Waals surface area contributed by atoms with Crippen molar-refractivity contribution in [2.75, 3.05) is 0 Å². The topological polar surface area (TPSA) is 84.2 Å². The molecule has 0 aliphatic rings. The van der Waals surface area contributed by atoms with Crippen LogP contribution in [0.3, 0.4) is 0 Å². The Kier molecular flexibility index (Phi) is 16.4. The molecule has 0 bridgehead atoms. The maximum atomic E-state index is 5.27. The minimum Gasteiger partial charge on any atom is -0.309 e. The van der Waals surface area contributed by atoms with Crippen molar-refractivity contribution in [1.29, 1.82) is 0 Å². The molecular weight excluding hydrogens is 1480 g/mol. The van der Waals surface area contributed by atoms with E-state index in [1.807, 2.05) is 72.8 Å². The molecule has 0 aliphatic carbocycles. The van der Waals surface area contributed by atoms with Gasteiger partial charge in [0.1, 0.15) is 0 Å². The molecule has 6 aromatic heterocycles. The lowest BCUT2D eigenvalue weighted by molar-refractivity contribution is 0.953. The zero-order valence-electron chi connectivity index (χ0n) is 66.0. The van der Waals surface area contributed by atoms with E-state index in [-0.39, 0.29) is 0 Å². The molecule has 0 amide bonds. The van der Waals surface area contributed by atoms with Gasteiger partial charge in [0, 0.05) is 76.4 Å². The molecule has 568 valence electrons. The molecule has 25 aromatic rings. The van der Waals surface area contributed by atoms with E-state index in [1.165, 1.54) is 115 Å². The van der Waals surface area contributed by atoms with Crippen molar-refractivity contribution in [3.63, 3.8) is 0 Å². The Morgan fingerprint density at radius 3 is 1.06 bits per heavy atom. The molecule has 0 atom stereocenters. The van der Waals surface area contributed by atoms with Crippen LogP contribution in [0.15, 0.2) is 431 Å². The Morgan fingerprint density at radius 2 is 0.516 bits per heavy atom. The van der Waals surface area contributed by atoms with Crippen molar-refractivity contribution >= 4 is 130 Å². The highest BCUT2D eigenvalue weighted by Crippen LogP contribution is 2.47. The Morgan fingerprint density at radius 1 is 0.164 bits per heavy atom. The molecule has 0 fully saturated rings. The number of hydrogen-bond donors (Lipinski definition) is 0. The van der Waals surface area contributed by atoms with Gasteiger partial charge in [-0.2, -0.15) is 9.97 Å². The minimum atomic E-state index is 0.579. The van der Waals surface area contributed by atoms with Crippen LogP contribution in [-0.4, -0.2) is 43.2 Å². The van der Waals surface area contributed by atoms with E-state index in [0.717, 1.165) is 94.2 Å². The summed E-state index contributed by atoms with van der Waals surface area (Å²) in [6, 6.07) is 154. The van der Waals surface area contributed by atoms with Gasteiger partial charge in [-0.05, 0) is 162 Å².